The summed E-state index contributed by atoms with van der Waals surface area (Å²) in [7, 11) is 0. The molecule has 1 heterocycles. The molecule has 7 nitrogen and oxygen atoms in total. The summed E-state index contributed by atoms with van der Waals surface area (Å²) in [5, 5.41) is 0.269. The SMILES string of the molecule is CCOC(=O)c1ccc(Oc2coc3cc(OC(=O)c4cccc(C)c4)ccc3c2=O)cc1. The van der Waals surface area contributed by atoms with Crippen LogP contribution in [0.4, 0.5) is 0 Å². The molecule has 0 unspecified atom stereocenters. The van der Waals surface area contributed by atoms with Gasteiger partial charge in [-0.2, -0.15) is 0 Å². The zero-order valence-electron chi connectivity index (χ0n) is 18.0. The van der Waals surface area contributed by atoms with E-state index in [4.69, 9.17) is 18.6 Å². The van der Waals surface area contributed by atoms with E-state index >= 15 is 0 Å². The van der Waals surface area contributed by atoms with E-state index in [1.54, 1.807) is 49.4 Å². The lowest BCUT2D eigenvalue weighted by Crippen LogP contribution is -2.09. The van der Waals surface area contributed by atoms with Gasteiger partial charge in [0.05, 0.1) is 23.1 Å². The highest BCUT2D eigenvalue weighted by Crippen LogP contribution is 2.25. The number of hydrogen-bond donors (Lipinski definition) is 0. The van der Waals surface area contributed by atoms with Gasteiger partial charge in [-0.3, -0.25) is 4.79 Å². The highest BCUT2D eigenvalue weighted by Gasteiger charge is 2.14. The molecule has 0 aliphatic rings. The van der Waals surface area contributed by atoms with E-state index < -0.39 is 11.9 Å². The molecule has 0 radical (unpaired) electrons. The minimum absolute atomic E-state index is 0.0177. The quantitative estimate of drug-likeness (QED) is 0.295. The summed E-state index contributed by atoms with van der Waals surface area (Å²) < 4.78 is 21.5. The Morgan fingerprint density at radius 1 is 0.879 bits per heavy atom. The Bertz CT molecular complexity index is 1380. The van der Waals surface area contributed by atoms with Crippen LogP contribution in [-0.4, -0.2) is 18.5 Å². The van der Waals surface area contributed by atoms with Crippen molar-refractivity contribution < 1.29 is 28.2 Å². The summed E-state index contributed by atoms with van der Waals surface area (Å²) in [6.07, 6.45) is 1.19. The number of hydrogen-bond acceptors (Lipinski definition) is 7. The molecule has 0 aliphatic heterocycles. The van der Waals surface area contributed by atoms with Gasteiger partial charge in [-0.25, -0.2) is 9.59 Å². The third-order valence-corrected chi connectivity index (χ3v) is 4.77. The van der Waals surface area contributed by atoms with Crippen LogP contribution in [0.5, 0.6) is 17.2 Å². The van der Waals surface area contributed by atoms with Gasteiger partial charge in [0, 0.05) is 6.07 Å². The number of carbonyl (C=O) groups excluding carboxylic acids is 2. The average molecular weight is 444 g/mol. The van der Waals surface area contributed by atoms with Gasteiger partial charge in [-0.1, -0.05) is 17.7 Å². The lowest BCUT2D eigenvalue weighted by atomic mass is 10.1. The molecule has 0 aliphatic carbocycles. The lowest BCUT2D eigenvalue weighted by Gasteiger charge is -2.08. The summed E-state index contributed by atoms with van der Waals surface area (Å²) >= 11 is 0. The van der Waals surface area contributed by atoms with Crippen LogP contribution in [0.2, 0.25) is 0 Å². The number of fused-ring (bicyclic) bond motifs is 1. The van der Waals surface area contributed by atoms with Gasteiger partial charge in [0.15, 0.2) is 0 Å². The van der Waals surface area contributed by atoms with Gasteiger partial charge < -0.3 is 18.6 Å². The van der Waals surface area contributed by atoms with E-state index in [1.165, 1.54) is 24.5 Å². The maximum atomic E-state index is 12.8. The topological polar surface area (TPSA) is 92.0 Å². The zero-order valence-corrected chi connectivity index (χ0v) is 18.0. The number of carbonyl (C=O) groups is 2. The van der Waals surface area contributed by atoms with Crippen molar-refractivity contribution in [1.29, 1.82) is 0 Å². The first-order valence-corrected chi connectivity index (χ1v) is 10.2. The maximum absolute atomic E-state index is 12.8. The fourth-order valence-electron chi connectivity index (χ4n) is 3.16. The second-order valence-corrected chi connectivity index (χ2v) is 7.19. The molecule has 1 aromatic heterocycles. The van der Waals surface area contributed by atoms with Gasteiger partial charge >= 0.3 is 11.9 Å². The maximum Gasteiger partial charge on any atom is 0.343 e. The Morgan fingerprint density at radius 3 is 2.36 bits per heavy atom. The molecule has 4 aromatic rings. The van der Waals surface area contributed by atoms with Crippen molar-refractivity contribution in [2.75, 3.05) is 6.61 Å². The normalized spacial score (nSPS) is 10.6. The molecular weight excluding hydrogens is 424 g/mol. The van der Waals surface area contributed by atoms with E-state index in [0.29, 0.717) is 16.9 Å². The first kappa shape index (κ1) is 21.8. The van der Waals surface area contributed by atoms with Crippen LogP contribution >= 0.6 is 0 Å². The number of rotatable bonds is 6. The first-order chi connectivity index (χ1) is 15.9. The lowest BCUT2D eigenvalue weighted by molar-refractivity contribution is 0.0526. The zero-order chi connectivity index (χ0) is 23.4. The molecule has 3 aromatic carbocycles. The van der Waals surface area contributed by atoms with Crippen molar-refractivity contribution in [3.63, 3.8) is 0 Å². The number of ether oxygens (including phenoxy) is 3. The summed E-state index contributed by atoms with van der Waals surface area (Å²) in [5.74, 6) is -0.352. The fourth-order valence-corrected chi connectivity index (χ4v) is 3.16. The van der Waals surface area contributed by atoms with Crippen LogP contribution < -0.4 is 14.9 Å². The van der Waals surface area contributed by atoms with Crippen LogP contribution in [0.1, 0.15) is 33.2 Å². The third kappa shape index (κ3) is 4.93. The van der Waals surface area contributed by atoms with Gasteiger partial charge in [-0.15, -0.1) is 0 Å². The van der Waals surface area contributed by atoms with Crippen LogP contribution in [0.15, 0.2) is 82.2 Å². The second-order valence-electron chi connectivity index (χ2n) is 7.19. The highest BCUT2D eigenvalue weighted by molar-refractivity contribution is 5.92. The van der Waals surface area contributed by atoms with Crippen molar-refractivity contribution >= 4 is 22.9 Å². The molecule has 0 spiro atoms. The summed E-state index contributed by atoms with van der Waals surface area (Å²) in [6.45, 7) is 3.89. The fraction of sp³-hybridized carbons (Fsp3) is 0.115. The van der Waals surface area contributed by atoms with Gasteiger partial charge in [0.1, 0.15) is 23.3 Å². The molecule has 4 rings (SSSR count). The van der Waals surface area contributed by atoms with Crippen molar-refractivity contribution in [2.45, 2.75) is 13.8 Å². The predicted molar refractivity (Wildman–Crippen MR) is 121 cm³/mol. The Morgan fingerprint density at radius 2 is 1.64 bits per heavy atom. The molecule has 166 valence electrons. The first-order valence-electron chi connectivity index (χ1n) is 10.2. The Kier molecular flexibility index (Phi) is 6.22. The number of aryl methyl sites for hydroxylation is 1. The van der Waals surface area contributed by atoms with E-state index in [-0.39, 0.29) is 34.5 Å². The predicted octanol–water partition coefficient (Wildman–Crippen LogP) is 5.29. The van der Waals surface area contributed by atoms with Crippen molar-refractivity contribution in [3.8, 4) is 17.2 Å². The van der Waals surface area contributed by atoms with Crippen LogP contribution in [0.3, 0.4) is 0 Å². The third-order valence-electron chi connectivity index (χ3n) is 4.77. The van der Waals surface area contributed by atoms with E-state index in [1.807, 2.05) is 13.0 Å². The molecule has 0 saturated carbocycles. The van der Waals surface area contributed by atoms with Gasteiger partial charge in [0.25, 0.3) is 0 Å². The average Bonchev–Trinajstić information content (AvgIpc) is 2.81. The smallest absolute Gasteiger partial charge is 0.343 e. The molecule has 33 heavy (non-hydrogen) atoms. The van der Waals surface area contributed by atoms with E-state index in [2.05, 4.69) is 0 Å². The van der Waals surface area contributed by atoms with E-state index in [9.17, 15) is 14.4 Å². The standard InChI is InChI=1S/C26H20O7/c1-3-30-25(28)17-7-9-19(10-8-17)32-23-15-31-22-14-20(11-12-21(22)24(23)27)33-26(29)18-6-4-5-16(2)13-18/h4-15H,3H2,1-2H3. The molecule has 0 saturated heterocycles. The molecule has 0 atom stereocenters. The summed E-state index contributed by atoms with van der Waals surface area (Å²) in [5.41, 5.74) is 1.61. The Labute approximate surface area is 189 Å². The molecule has 0 fully saturated rings. The minimum Gasteiger partial charge on any atom is -0.462 e. The molecule has 0 N–H and O–H groups in total. The number of benzene rings is 3. The minimum atomic E-state index is -0.508. The van der Waals surface area contributed by atoms with Gasteiger partial charge in [-0.05, 0) is 62.4 Å². The van der Waals surface area contributed by atoms with Crippen molar-refractivity contribution in [2.24, 2.45) is 0 Å². The highest BCUT2D eigenvalue weighted by atomic mass is 16.5. The summed E-state index contributed by atoms with van der Waals surface area (Å²) in [4.78, 5) is 36.9. The Hall–Kier alpha value is -4.39. The van der Waals surface area contributed by atoms with Crippen molar-refractivity contribution in [1.82, 2.24) is 0 Å². The molecular formula is C26H20O7. The molecule has 7 heteroatoms. The largest absolute Gasteiger partial charge is 0.462 e. The van der Waals surface area contributed by atoms with Crippen LogP contribution in [0, 0.1) is 6.92 Å². The number of esters is 2. The van der Waals surface area contributed by atoms with Gasteiger partial charge in [0.2, 0.25) is 11.2 Å². The van der Waals surface area contributed by atoms with Crippen LogP contribution in [0.25, 0.3) is 11.0 Å². The van der Waals surface area contributed by atoms with Crippen molar-refractivity contribution in [3.05, 3.63) is 99.9 Å². The summed E-state index contributed by atoms with van der Waals surface area (Å²) in [6, 6.07) is 17.8. The van der Waals surface area contributed by atoms with E-state index in [0.717, 1.165) is 5.56 Å². The van der Waals surface area contributed by atoms with Crippen LogP contribution in [-0.2, 0) is 4.74 Å². The molecule has 0 amide bonds. The second kappa shape index (κ2) is 9.40. The Balaban J connectivity index is 1.53. The monoisotopic (exact) mass is 444 g/mol. The molecule has 0 bridgehead atoms.